The van der Waals surface area contributed by atoms with Gasteiger partial charge in [-0.2, -0.15) is 5.26 Å². The van der Waals surface area contributed by atoms with Crippen LogP contribution in [0.4, 0.5) is 5.69 Å². The highest BCUT2D eigenvalue weighted by Crippen LogP contribution is 2.35. The Balaban J connectivity index is 0.000000771. The molecule has 1 heterocycles. The standard InChI is InChI=1S/C12H12N2O2.C2H6/c1-9(15)14-7-6-12(16-8-13)10-4-2-3-5-11(10)14;1-2/h2-5,12H,6-7H2,1H3;1-2H3. The smallest absolute Gasteiger partial charge is 0.286 e. The second-order valence-electron chi connectivity index (χ2n) is 3.72. The van der Waals surface area contributed by atoms with Crippen molar-refractivity contribution in [1.29, 1.82) is 5.26 Å². The fraction of sp³-hybridized carbons (Fsp3) is 0.429. The van der Waals surface area contributed by atoms with Crippen LogP contribution in [0.25, 0.3) is 0 Å². The second-order valence-corrected chi connectivity index (χ2v) is 3.72. The Hall–Kier alpha value is -2.02. The molecule has 0 saturated heterocycles. The summed E-state index contributed by atoms with van der Waals surface area (Å²) in [6.07, 6.45) is 2.15. The first kappa shape index (κ1) is 14.0. The summed E-state index contributed by atoms with van der Waals surface area (Å²) in [5.41, 5.74) is 1.76. The van der Waals surface area contributed by atoms with E-state index < -0.39 is 0 Å². The highest BCUT2D eigenvalue weighted by atomic mass is 16.5. The summed E-state index contributed by atoms with van der Waals surface area (Å²) in [4.78, 5) is 13.2. The van der Waals surface area contributed by atoms with Crippen LogP contribution < -0.4 is 4.90 Å². The molecule has 1 atom stereocenters. The average molecular weight is 246 g/mol. The van der Waals surface area contributed by atoms with E-state index in [0.29, 0.717) is 13.0 Å². The Morgan fingerprint density at radius 1 is 1.44 bits per heavy atom. The number of anilines is 1. The van der Waals surface area contributed by atoms with E-state index in [1.807, 2.05) is 38.1 Å². The van der Waals surface area contributed by atoms with Crippen molar-refractivity contribution in [3.63, 3.8) is 0 Å². The molecule has 96 valence electrons. The molecule has 0 saturated carbocycles. The molecule has 4 heteroatoms. The lowest BCUT2D eigenvalue weighted by Crippen LogP contribution is -2.35. The minimum Gasteiger partial charge on any atom is -0.419 e. The lowest BCUT2D eigenvalue weighted by molar-refractivity contribution is -0.116. The monoisotopic (exact) mass is 246 g/mol. The van der Waals surface area contributed by atoms with Gasteiger partial charge in [-0.05, 0) is 6.07 Å². The minimum absolute atomic E-state index is 0.0165. The Labute approximate surface area is 108 Å². The number of ether oxygens (including phenoxy) is 1. The molecule has 1 aromatic carbocycles. The van der Waals surface area contributed by atoms with Crippen molar-refractivity contribution in [2.24, 2.45) is 0 Å². The van der Waals surface area contributed by atoms with Crippen molar-refractivity contribution in [2.45, 2.75) is 33.3 Å². The van der Waals surface area contributed by atoms with Crippen LogP contribution in [0.5, 0.6) is 0 Å². The van der Waals surface area contributed by atoms with Gasteiger partial charge in [0.2, 0.25) is 5.91 Å². The normalized spacial score (nSPS) is 16.8. The fourth-order valence-electron chi connectivity index (χ4n) is 2.04. The topological polar surface area (TPSA) is 53.3 Å². The van der Waals surface area contributed by atoms with Crippen LogP contribution in [0.15, 0.2) is 24.3 Å². The third-order valence-corrected chi connectivity index (χ3v) is 2.76. The van der Waals surface area contributed by atoms with Crippen LogP contribution in [0.2, 0.25) is 0 Å². The van der Waals surface area contributed by atoms with Crippen molar-refractivity contribution < 1.29 is 9.53 Å². The van der Waals surface area contributed by atoms with Crippen molar-refractivity contribution in [3.05, 3.63) is 29.8 Å². The van der Waals surface area contributed by atoms with Crippen molar-refractivity contribution in [1.82, 2.24) is 0 Å². The van der Waals surface area contributed by atoms with Crippen LogP contribution in [0.1, 0.15) is 38.9 Å². The van der Waals surface area contributed by atoms with Gasteiger partial charge in [0.05, 0.1) is 5.69 Å². The quantitative estimate of drug-likeness (QED) is 0.716. The third-order valence-electron chi connectivity index (χ3n) is 2.76. The zero-order valence-electron chi connectivity index (χ0n) is 11.0. The molecule has 1 unspecified atom stereocenters. The maximum atomic E-state index is 11.4. The summed E-state index contributed by atoms with van der Waals surface area (Å²) >= 11 is 0. The van der Waals surface area contributed by atoms with Gasteiger partial charge in [-0.1, -0.05) is 32.0 Å². The number of hydrogen-bond donors (Lipinski definition) is 0. The van der Waals surface area contributed by atoms with Gasteiger partial charge in [0.1, 0.15) is 6.10 Å². The van der Waals surface area contributed by atoms with Gasteiger partial charge in [0.25, 0.3) is 6.26 Å². The summed E-state index contributed by atoms with van der Waals surface area (Å²) in [5, 5.41) is 8.57. The van der Waals surface area contributed by atoms with Crippen LogP contribution in [-0.4, -0.2) is 12.5 Å². The van der Waals surface area contributed by atoms with Crippen LogP contribution in [0, 0.1) is 11.5 Å². The van der Waals surface area contributed by atoms with E-state index in [2.05, 4.69) is 0 Å². The predicted molar refractivity (Wildman–Crippen MR) is 69.9 cm³/mol. The first-order valence-corrected chi connectivity index (χ1v) is 6.16. The number of para-hydroxylation sites is 1. The van der Waals surface area contributed by atoms with Crippen molar-refractivity contribution in [2.75, 3.05) is 11.4 Å². The molecule has 1 aliphatic heterocycles. The van der Waals surface area contributed by atoms with Gasteiger partial charge in [-0.3, -0.25) is 4.79 Å². The van der Waals surface area contributed by atoms with E-state index in [1.165, 1.54) is 0 Å². The first-order valence-electron chi connectivity index (χ1n) is 6.16. The highest BCUT2D eigenvalue weighted by molar-refractivity contribution is 5.92. The highest BCUT2D eigenvalue weighted by Gasteiger charge is 2.27. The number of nitriles is 1. The van der Waals surface area contributed by atoms with E-state index in [9.17, 15) is 4.79 Å². The SMILES string of the molecule is CC.CC(=O)N1CCC(OC#N)c2ccccc21. The fourth-order valence-corrected chi connectivity index (χ4v) is 2.04. The molecule has 0 aliphatic carbocycles. The van der Waals surface area contributed by atoms with Gasteiger partial charge in [-0.15, -0.1) is 0 Å². The molecule has 0 aromatic heterocycles. The average Bonchev–Trinajstić information content (AvgIpc) is 2.41. The van der Waals surface area contributed by atoms with Gasteiger partial charge in [0.15, 0.2) is 0 Å². The molecule has 1 amide bonds. The summed E-state index contributed by atoms with van der Waals surface area (Å²) in [5.74, 6) is 0.0165. The van der Waals surface area contributed by atoms with Gasteiger partial charge < -0.3 is 9.64 Å². The van der Waals surface area contributed by atoms with Crippen LogP contribution >= 0.6 is 0 Å². The summed E-state index contributed by atoms with van der Waals surface area (Å²) < 4.78 is 5.00. The zero-order valence-corrected chi connectivity index (χ0v) is 11.0. The van der Waals surface area contributed by atoms with Crippen molar-refractivity contribution in [3.8, 4) is 6.26 Å². The Kier molecular flexibility index (Phi) is 5.19. The van der Waals surface area contributed by atoms with Crippen LogP contribution in [0.3, 0.4) is 0 Å². The molecular weight excluding hydrogens is 228 g/mol. The molecule has 1 aliphatic rings. The second kappa shape index (κ2) is 6.65. The zero-order chi connectivity index (χ0) is 13.5. The van der Waals surface area contributed by atoms with Gasteiger partial charge in [-0.25, -0.2) is 0 Å². The third kappa shape index (κ3) is 2.80. The number of fused-ring (bicyclic) bond motifs is 1. The molecule has 0 fully saturated rings. The number of carbonyl (C=O) groups excluding carboxylic acids is 1. The van der Waals surface area contributed by atoms with E-state index in [0.717, 1.165) is 11.3 Å². The summed E-state index contributed by atoms with van der Waals surface area (Å²) in [6, 6.07) is 7.54. The van der Waals surface area contributed by atoms with Gasteiger partial charge >= 0.3 is 0 Å². The molecular formula is C14H18N2O2. The molecule has 18 heavy (non-hydrogen) atoms. The van der Waals surface area contributed by atoms with Crippen LogP contribution in [-0.2, 0) is 9.53 Å². The Bertz CT molecular complexity index is 451. The maximum Gasteiger partial charge on any atom is 0.286 e. The number of carbonyl (C=O) groups is 1. The van der Waals surface area contributed by atoms with E-state index in [1.54, 1.807) is 18.1 Å². The van der Waals surface area contributed by atoms with Crippen molar-refractivity contribution >= 4 is 11.6 Å². The molecule has 4 nitrogen and oxygen atoms in total. The molecule has 0 N–H and O–H groups in total. The molecule has 0 radical (unpaired) electrons. The van der Waals surface area contributed by atoms with E-state index in [-0.39, 0.29) is 12.0 Å². The lowest BCUT2D eigenvalue weighted by atomic mass is 9.99. The number of hydrogen-bond acceptors (Lipinski definition) is 3. The molecule has 1 aromatic rings. The van der Waals surface area contributed by atoms with E-state index >= 15 is 0 Å². The number of benzene rings is 1. The number of rotatable bonds is 1. The lowest BCUT2D eigenvalue weighted by Gasteiger charge is -2.32. The Morgan fingerprint density at radius 2 is 2.11 bits per heavy atom. The number of nitrogens with zero attached hydrogens (tertiary/aromatic N) is 2. The minimum atomic E-state index is -0.225. The molecule has 0 spiro atoms. The first-order chi connectivity index (χ1) is 8.74. The number of amides is 1. The molecule has 2 rings (SSSR count). The summed E-state index contributed by atoms with van der Waals surface area (Å²) in [6.45, 7) is 6.14. The predicted octanol–water partition coefficient (Wildman–Crippen LogP) is 3.01. The van der Waals surface area contributed by atoms with E-state index in [4.69, 9.17) is 10.00 Å². The Morgan fingerprint density at radius 3 is 2.72 bits per heavy atom. The molecule has 0 bridgehead atoms. The maximum absolute atomic E-state index is 11.4. The summed E-state index contributed by atoms with van der Waals surface area (Å²) in [7, 11) is 0. The largest absolute Gasteiger partial charge is 0.419 e. The van der Waals surface area contributed by atoms with Gasteiger partial charge in [0, 0.05) is 25.5 Å².